The molecule has 11 heteroatoms. The average Bonchev–Trinajstić information content (AvgIpc) is 3.28. The predicted octanol–water partition coefficient (Wildman–Crippen LogP) is 5.56. The number of thioether (sulfide) groups is 1. The third-order valence-corrected chi connectivity index (χ3v) is 7.12. The van der Waals surface area contributed by atoms with Crippen LogP contribution in [0.2, 0.25) is 5.02 Å². The van der Waals surface area contributed by atoms with Crippen LogP contribution < -0.4 is 5.43 Å². The summed E-state index contributed by atoms with van der Waals surface area (Å²) in [5, 5.41) is 24.7. The van der Waals surface area contributed by atoms with Crippen molar-refractivity contribution in [3.05, 3.63) is 68.7 Å². The van der Waals surface area contributed by atoms with Crippen LogP contribution in [0.25, 0.3) is 11.4 Å². The lowest BCUT2D eigenvalue weighted by molar-refractivity contribution is -0.384. The van der Waals surface area contributed by atoms with Crippen molar-refractivity contribution in [3.63, 3.8) is 0 Å². The number of benzene rings is 2. The summed E-state index contributed by atoms with van der Waals surface area (Å²) >= 11 is 7.37. The van der Waals surface area contributed by atoms with Gasteiger partial charge in [-0.2, -0.15) is 5.10 Å². The SMILES string of the molecule is Cc1ccc(-c2nnc(SCC(=O)N/N=C\c3cc([N+](=O)[O-])ccc3Cl)n2C2CCCCC2)cc1. The first-order valence-electron chi connectivity index (χ1n) is 11.3. The van der Waals surface area contributed by atoms with Gasteiger partial charge in [0.05, 0.1) is 16.9 Å². The van der Waals surface area contributed by atoms with E-state index in [-0.39, 0.29) is 17.3 Å². The lowest BCUT2D eigenvalue weighted by Gasteiger charge is -2.25. The molecule has 1 amide bonds. The molecule has 35 heavy (non-hydrogen) atoms. The molecule has 2 aromatic carbocycles. The minimum Gasteiger partial charge on any atom is -0.299 e. The zero-order chi connectivity index (χ0) is 24.8. The predicted molar refractivity (Wildman–Crippen MR) is 137 cm³/mol. The molecule has 1 aliphatic rings. The highest BCUT2D eigenvalue weighted by atomic mass is 35.5. The summed E-state index contributed by atoms with van der Waals surface area (Å²) < 4.78 is 2.17. The molecule has 0 spiro atoms. The number of rotatable bonds is 8. The number of aromatic nitrogens is 3. The molecule has 0 bridgehead atoms. The summed E-state index contributed by atoms with van der Waals surface area (Å²) in [5.41, 5.74) is 4.86. The summed E-state index contributed by atoms with van der Waals surface area (Å²) in [5.74, 6) is 0.583. The smallest absolute Gasteiger partial charge is 0.270 e. The van der Waals surface area contributed by atoms with Gasteiger partial charge in [0.1, 0.15) is 0 Å². The van der Waals surface area contributed by atoms with Crippen LogP contribution in [0.4, 0.5) is 5.69 Å². The van der Waals surface area contributed by atoms with Crippen LogP contribution in [0.3, 0.4) is 0 Å². The lowest BCUT2D eigenvalue weighted by Crippen LogP contribution is -2.20. The van der Waals surface area contributed by atoms with Crippen LogP contribution in [0, 0.1) is 17.0 Å². The van der Waals surface area contributed by atoms with Crippen molar-refractivity contribution in [2.75, 3.05) is 5.75 Å². The molecule has 3 aromatic rings. The second kappa shape index (κ2) is 11.5. The Bertz CT molecular complexity index is 1240. The van der Waals surface area contributed by atoms with E-state index >= 15 is 0 Å². The average molecular weight is 513 g/mol. The first-order valence-corrected chi connectivity index (χ1v) is 12.7. The van der Waals surface area contributed by atoms with Gasteiger partial charge in [0, 0.05) is 34.3 Å². The van der Waals surface area contributed by atoms with Crippen molar-refractivity contribution in [3.8, 4) is 11.4 Å². The largest absolute Gasteiger partial charge is 0.299 e. The number of hydrazone groups is 1. The number of non-ortho nitro benzene ring substituents is 1. The molecule has 1 aliphatic carbocycles. The van der Waals surface area contributed by atoms with Gasteiger partial charge in [-0.15, -0.1) is 10.2 Å². The number of amides is 1. The number of hydrogen-bond donors (Lipinski definition) is 1. The number of nitrogens with zero attached hydrogens (tertiary/aromatic N) is 5. The van der Waals surface area contributed by atoms with E-state index in [4.69, 9.17) is 11.6 Å². The maximum Gasteiger partial charge on any atom is 0.270 e. The molecule has 0 unspecified atom stereocenters. The minimum atomic E-state index is -0.518. The quantitative estimate of drug-likeness (QED) is 0.183. The van der Waals surface area contributed by atoms with Crippen molar-refractivity contribution < 1.29 is 9.72 Å². The number of carbonyl (C=O) groups is 1. The zero-order valence-corrected chi connectivity index (χ0v) is 20.8. The van der Waals surface area contributed by atoms with Crippen LogP contribution in [-0.4, -0.2) is 37.6 Å². The fourth-order valence-corrected chi connectivity index (χ4v) is 4.99. The Labute approximate surface area is 212 Å². The lowest BCUT2D eigenvalue weighted by atomic mass is 9.95. The van der Waals surface area contributed by atoms with E-state index in [0.29, 0.717) is 21.8 Å². The first kappa shape index (κ1) is 24.9. The molecular weight excluding hydrogens is 488 g/mol. The topological polar surface area (TPSA) is 115 Å². The van der Waals surface area contributed by atoms with Crippen LogP contribution in [0.1, 0.15) is 49.3 Å². The van der Waals surface area contributed by atoms with Gasteiger partial charge in [-0.1, -0.05) is 72.5 Å². The van der Waals surface area contributed by atoms with Gasteiger partial charge in [-0.25, -0.2) is 5.43 Å². The molecular formula is C24H25ClN6O3S. The van der Waals surface area contributed by atoms with Crippen molar-refractivity contribution in [2.45, 2.75) is 50.2 Å². The van der Waals surface area contributed by atoms with Gasteiger partial charge >= 0.3 is 0 Å². The Hall–Kier alpha value is -3.24. The third-order valence-electron chi connectivity index (χ3n) is 5.83. The van der Waals surface area contributed by atoms with E-state index in [9.17, 15) is 14.9 Å². The highest BCUT2D eigenvalue weighted by Crippen LogP contribution is 2.35. The van der Waals surface area contributed by atoms with E-state index in [2.05, 4.69) is 37.4 Å². The van der Waals surface area contributed by atoms with Crippen molar-refractivity contribution in [2.24, 2.45) is 5.10 Å². The van der Waals surface area contributed by atoms with E-state index in [1.54, 1.807) is 0 Å². The van der Waals surface area contributed by atoms with Crippen LogP contribution in [0.15, 0.2) is 52.7 Å². The van der Waals surface area contributed by atoms with E-state index in [0.717, 1.165) is 37.1 Å². The summed E-state index contributed by atoms with van der Waals surface area (Å²) in [6.45, 7) is 2.05. The Morgan fingerprint density at radius 3 is 2.69 bits per heavy atom. The van der Waals surface area contributed by atoms with Crippen molar-refractivity contribution in [1.29, 1.82) is 0 Å². The van der Waals surface area contributed by atoms with Crippen molar-refractivity contribution in [1.82, 2.24) is 20.2 Å². The molecule has 1 aromatic heterocycles. The summed E-state index contributed by atoms with van der Waals surface area (Å²) in [4.78, 5) is 22.9. The second-order valence-corrected chi connectivity index (χ2v) is 9.73. The standard InChI is InChI=1S/C24H25ClN6O3S/c1-16-7-9-17(10-8-16)23-28-29-24(30(23)19-5-3-2-4-6-19)35-15-22(32)27-26-14-18-13-20(31(33)34)11-12-21(18)25/h7-14,19H,2-6,15H2,1H3,(H,27,32)/b26-14-. The van der Waals surface area contributed by atoms with Gasteiger partial charge in [0.15, 0.2) is 11.0 Å². The molecule has 0 radical (unpaired) electrons. The molecule has 9 nitrogen and oxygen atoms in total. The van der Waals surface area contributed by atoms with E-state index < -0.39 is 4.92 Å². The van der Waals surface area contributed by atoms with Crippen LogP contribution in [-0.2, 0) is 4.79 Å². The Balaban J connectivity index is 1.45. The Morgan fingerprint density at radius 2 is 1.97 bits per heavy atom. The molecule has 0 aliphatic heterocycles. The number of hydrogen-bond acceptors (Lipinski definition) is 7. The van der Waals surface area contributed by atoms with Gasteiger partial charge in [0.2, 0.25) is 0 Å². The molecule has 1 fully saturated rings. The fraction of sp³-hybridized carbons (Fsp3) is 0.333. The number of nitro benzene ring substituents is 1. The summed E-state index contributed by atoms with van der Waals surface area (Å²) in [6, 6.07) is 12.5. The second-order valence-electron chi connectivity index (χ2n) is 8.38. The number of halogens is 1. The Morgan fingerprint density at radius 1 is 1.23 bits per heavy atom. The minimum absolute atomic E-state index is 0.0960. The van der Waals surface area contributed by atoms with Crippen LogP contribution in [0.5, 0.6) is 0 Å². The molecule has 1 saturated carbocycles. The monoisotopic (exact) mass is 512 g/mol. The molecule has 1 heterocycles. The normalized spacial score (nSPS) is 14.3. The van der Waals surface area contributed by atoms with Gasteiger partial charge in [-0.05, 0) is 25.8 Å². The maximum atomic E-state index is 12.4. The molecule has 182 valence electrons. The van der Waals surface area contributed by atoms with Crippen molar-refractivity contribution >= 4 is 41.2 Å². The molecule has 0 atom stereocenters. The van der Waals surface area contributed by atoms with Gasteiger partial charge in [0.25, 0.3) is 11.6 Å². The Kier molecular flexibility index (Phi) is 8.14. The van der Waals surface area contributed by atoms with E-state index in [1.165, 1.54) is 48.2 Å². The first-order chi connectivity index (χ1) is 16.9. The van der Waals surface area contributed by atoms with E-state index in [1.807, 2.05) is 19.1 Å². The number of nitro groups is 1. The summed E-state index contributed by atoms with van der Waals surface area (Å²) in [7, 11) is 0. The highest BCUT2D eigenvalue weighted by Gasteiger charge is 2.24. The maximum absolute atomic E-state index is 12.4. The number of aryl methyl sites for hydroxylation is 1. The van der Waals surface area contributed by atoms with Gasteiger partial charge < -0.3 is 0 Å². The third kappa shape index (κ3) is 6.26. The fourth-order valence-electron chi connectivity index (χ4n) is 4.02. The van der Waals surface area contributed by atoms with Crippen LogP contribution >= 0.6 is 23.4 Å². The number of carbonyl (C=O) groups excluding carboxylic acids is 1. The molecule has 4 rings (SSSR count). The summed E-state index contributed by atoms with van der Waals surface area (Å²) in [6.07, 6.45) is 6.97. The van der Waals surface area contributed by atoms with Gasteiger partial charge in [-0.3, -0.25) is 19.5 Å². The number of nitrogens with one attached hydrogen (secondary N) is 1. The zero-order valence-electron chi connectivity index (χ0n) is 19.2. The highest BCUT2D eigenvalue weighted by molar-refractivity contribution is 7.99. The molecule has 1 N–H and O–H groups in total. The molecule has 0 saturated heterocycles.